The van der Waals surface area contributed by atoms with Crippen molar-refractivity contribution in [3.63, 3.8) is 0 Å². The van der Waals surface area contributed by atoms with Crippen LogP contribution in [-0.2, 0) is 13.0 Å². The Balaban J connectivity index is 1.65. The summed E-state index contributed by atoms with van der Waals surface area (Å²) in [5.74, 6) is 2.08. The zero-order chi connectivity index (χ0) is 15.4. The first-order valence-electron chi connectivity index (χ1n) is 8.53. The lowest BCUT2D eigenvalue weighted by Gasteiger charge is -2.19. The molecule has 1 aliphatic rings. The van der Waals surface area contributed by atoms with Crippen molar-refractivity contribution in [2.75, 3.05) is 13.6 Å². The third-order valence-electron chi connectivity index (χ3n) is 4.73. The van der Waals surface area contributed by atoms with Crippen molar-refractivity contribution < 1.29 is 0 Å². The Kier molecular flexibility index (Phi) is 4.93. The maximum atomic E-state index is 4.52. The van der Waals surface area contributed by atoms with Crippen LogP contribution in [0.5, 0.6) is 0 Å². The second-order valence-corrected chi connectivity index (χ2v) is 6.36. The Morgan fingerprint density at radius 3 is 3.05 bits per heavy atom. The van der Waals surface area contributed by atoms with Crippen LogP contribution in [0.25, 0.3) is 11.5 Å². The predicted octanol–water partition coefficient (Wildman–Crippen LogP) is 3.10. The molecule has 1 saturated heterocycles. The van der Waals surface area contributed by atoms with Crippen molar-refractivity contribution in [1.29, 1.82) is 0 Å². The molecule has 5 nitrogen and oxygen atoms in total. The molecular weight excluding hydrogens is 274 g/mol. The number of aromatic nitrogens is 4. The molecular formula is C17H27N5. The van der Waals surface area contributed by atoms with E-state index in [0.717, 1.165) is 36.4 Å². The minimum Gasteiger partial charge on any atom is -0.339 e. The van der Waals surface area contributed by atoms with Crippen molar-refractivity contribution in [2.45, 2.75) is 58.0 Å². The number of imidazole rings is 2. The van der Waals surface area contributed by atoms with Crippen LogP contribution in [0.15, 0.2) is 18.6 Å². The highest BCUT2D eigenvalue weighted by Gasteiger charge is 2.20. The molecule has 2 aromatic heterocycles. The highest BCUT2D eigenvalue weighted by molar-refractivity contribution is 5.48. The monoisotopic (exact) mass is 301 g/mol. The van der Waals surface area contributed by atoms with Crippen molar-refractivity contribution in [2.24, 2.45) is 0 Å². The van der Waals surface area contributed by atoms with E-state index in [-0.39, 0.29) is 0 Å². The van der Waals surface area contributed by atoms with E-state index in [9.17, 15) is 0 Å². The largest absolute Gasteiger partial charge is 0.339 e. The van der Waals surface area contributed by atoms with Gasteiger partial charge in [0.15, 0.2) is 5.82 Å². The Labute approximate surface area is 132 Å². The van der Waals surface area contributed by atoms with Gasteiger partial charge in [-0.2, -0.15) is 0 Å². The highest BCUT2D eigenvalue weighted by atomic mass is 15.2. The van der Waals surface area contributed by atoms with Crippen LogP contribution in [0.1, 0.15) is 44.9 Å². The first-order valence-corrected chi connectivity index (χ1v) is 8.53. The van der Waals surface area contributed by atoms with E-state index in [1.807, 2.05) is 12.4 Å². The van der Waals surface area contributed by atoms with Crippen LogP contribution in [0, 0.1) is 0 Å². The Hall–Kier alpha value is -1.62. The number of aryl methyl sites for hydroxylation is 2. The molecule has 0 unspecified atom stereocenters. The van der Waals surface area contributed by atoms with Crippen LogP contribution < -0.4 is 0 Å². The maximum Gasteiger partial charge on any atom is 0.158 e. The van der Waals surface area contributed by atoms with Crippen LogP contribution in [0.3, 0.4) is 0 Å². The Morgan fingerprint density at radius 2 is 2.27 bits per heavy atom. The third kappa shape index (κ3) is 3.40. The van der Waals surface area contributed by atoms with Crippen molar-refractivity contribution in [1.82, 2.24) is 24.4 Å². The lowest BCUT2D eigenvalue weighted by molar-refractivity contribution is 0.286. The molecule has 5 heteroatoms. The van der Waals surface area contributed by atoms with Gasteiger partial charge in [0.1, 0.15) is 11.5 Å². The fourth-order valence-electron chi connectivity index (χ4n) is 3.31. The molecule has 1 fully saturated rings. The van der Waals surface area contributed by atoms with Crippen LogP contribution in [0.2, 0.25) is 0 Å². The number of aromatic amines is 1. The van der Waals surface area contributed by atoms with Crippen LogP contribution in [0.4, 0.5) is 0 Å². The quantitative estimate of drug-likeness (QED) is 0.855. The molecule has 22 heavy (non-hydrogen) atoms. The average Bonchev–Trinajstić information content (AvgIpc) is 3.23. The standard InChI is InChI=1S/C17H27N5/c1-3-4-7-16-19-13-15(20-16)17-18-9-12-22(17)11-8-14-6-5-10-21(14)2/h9,12-14H,3-8,10-11H2,1-2H3,(H,19,20)/t14-/m1/s1. The summed E-state index contributed by atoms with van der Waals surface area (Å²) in [5, 5.41) is 0. The zero-order valence-electron chi connectivity index (χ0n) is 13.8. The van der Waals surface area contributed by atoms with E-state index in [2.05, 4.69) is 44.6 Å². The van der Waals surface area contributed by atoms with Gasteiger partial charge in [0.2, 0.25) is 0 Å². The molecule has 2 aromatic rings. The van der Waals surface area contributed by atoms with Gasteiger partial charge >= 0.3 is 0 Å². The molecule has 0 amide bonds. The molecule has 0 radical (unpaired) electrons. The van der Waals surface area contributed by atoms with Gasteiger partial charge in [-0.1, -0.05) is 13.3 Å². The van der Waals surface area contributed by atoms with Gasteiger partial charge in [-0.05, 0) is 39.3 Å². The van der Waals surface area contributed by atoms with Crippen molar-refractivity contribution in [3.8, 4) is 11.5 Å². The van der Waals surface area contributed by atoms with Crippen LogP contribution >= 0.6 is 0 Å². The number of nitrogens with zero attached hydrogens (tertiary/aromatic N) is 4. The lowest BCUT2D eigenvalue weighted by atomic mass is 10.1. The van der Waals surface area contributed by atoms with Gasteiger partial charge in [0.05, 0.1) is 6.20 Å². The number of hydrogen-bond acceptors (Lipinski definition) is 3. The second kappa shape index (κ2) is 7.09. The molecule has 0 aliphatic carbocycles. The average molecular weight is 301 g/mol. The number of hydrogen-bond donors (Lipinski definition) is 1. The van der Waals surface area contributed by atoms with Gasteiger partial charge in [0.25, 0.3) is 0 Å². The van der Waals surface area contributed by atoms with Gasteiger partial charge in [0, 0.05) is 31.4 Å². The summed E-state index contributed by atoms with van der Waals surface area (Å²) in [5.41, 5.74) is 1.04. The van der Waals surface area contributed by atoms with Gasteiger partial charge < -0.3 is 14.5 Å². The second-order valence-electron chi connectivity index (χ2n) is 6.36. The molecule has 1 N–H and O–H groups in total. The predicted molar refractivity (Wildman–Crippen MR) is 88.7 cm³/mol. The van der Waals surface area contributed by atoms with Crippen molar-refractivity contribution >= 4 is 0 Å². The number of unbranched alkanes of at least 4 members (excludes halogenated alkanes) is 1. The summed E-state index contributed by atoms with van der Waals surface area (Å²) in [6.45, 7) is 4.47. The smallest absolute Gasteiger partial charge is 0.158 e. The third-order valence-corrected chi connectivity index (χ3v) is 4.73. The number of H-pyrrole nitrogens is 1. The molecule has 1 aliphatic heterocycles. The summed E-state index contributed by atoms with van der Waals surface area (Å²) in [6, 6.07) is 0.720. The topological polar surface area (TPSA) is 49.7 Å². The van der Waals surface area contributed by atoms with E-state index in [0.29, 0.717) is 0 Å². The molecule has 1 atom stereocenters. The molecule has 0 spiro atoms. The molecule has 3 heterocycles. The van der Waals surface area contributed by atoms with E-state index in [1.165, 1.54) is 38.6 Å². The highest BCUT2D eigenvalue weighted by Crippen LogP contribution is 2.21. The van der Waals surface area contributed by atoms with Gasteiger partial charge in [-0.25, -0.2) is 9.97 Å². The fourth-order valence-corrected chi connectivity index (χ4v) is 3.31. The molecule has 120 valence electrons. The number of rotatable bonds is 7. The molecule has 0 bridgehead atoms. The van der Waals surface area contributed by atoms with E-state index < -0.39 is 0 Å². The Bertz CT molecular complexity index is 585. The summed E-state index contributed by atoms with van der Waals surface area (Å²) in [4.78, 5) is 14.9. The van der Waals surface area contributed by atoms with E-state index in [1.54, 1.807) is 0 Å². The van der Waals surface area contributed by atoms with Crippen LogP contribution in [-0.4, -0.2) is 44.1 Å². The first-order chi connectivity index (χ1) is 10.8. The first kappa shape index (κ1) is 15.3. The number of nitrogens with one attached hydrogen (secondary N) is 1. The summed E-state index contributed by atoms with van der Waals surface area (Å²) >= 11 is 0. The molecule has 0 saturated carbocycles. The normalized spacial score (nSPS) is 19.1. The minimum atomic E-state index is 0.720. The summed E-state index contributed by atoms with van der Waals surface area (Å²) < 4.78 is 2.25. The Morgan fingerprint density at radius 1 is 1.36 bits per heavy atom. The summed E-state index contributed by atoms with van der Waals surface area (Å²) in [6.07, 6.45) is 13.1. The summed E-state index contributed by atoms with van der Waals surface area (Å²) in [7, 11) is 2.24. The SMILES string of the molecule is CCCCc1ncc(-c2nccn2CC[C@H]2CCCN2C)[nH]1. The minimum absolute atomic E-state index is 0.720. The lowest BCUT2D eigenvalue weighted by Crippen LogP contribution is -2.26. The van der Waals surface area contributed by atoms with Gasteiger partial charge in [-0.15, -0.1) is 0 Å². The number of likely N-dealkylation sites (tertiary alicyclic amines) is 1. The molecule has 3 rings (SSSR count). The van der Waals surface area contributed by atoms with Crippen molar-refractivity contribution in [3.05, 3.63) is 24.4 Å². The fraction of sp³-hybridized carbons (Fsp3) is 0.647. The molecule has 0 aromatic carbocycles. The van der Waals surface area contributed by atoms with E-state index in [4.69, 9.17) is 0 Å². The maximum absolute atomic E-state index is 4.52. The zero-order valence-corrected chi connectivity index (χ0v) is 13.8. The van der Waals surface area contributed by atoms with E-state index >= 15 is 0 Å². The van der Waals surface area contributed by atoms with Gasteiger partial charge in [-0.3, -0.25) is 0 Å².